The van der Waals surface area contributed by atoms with Crippen molar-refractivity contribution >= 4 is 11.6 Å². The van der Waals surface area contributed by atoms with Crippen LogP contribution in [0.5, 0.6) is 0 Å². The number of hydrogen-bond donors (Lipinski definition) is 1. The van der Waals surface area contributed by atoms with Crippen molar-refractivity contribution in [2.45, 2.75) is 6.54 Å². The summed E-state index contributed by atoms with van der Waals surface area (Å²) >= 11 is 5.37. The molecule has 1 rings (SSSR count). The third-order valence-electron chi connectivity index (χ3n) is 0.974. The summed E-state index contributed by atoms with van der Waals surface area (Å²) in [6, 6.07) is 4.21. The predicted molar refractivity (Wildman–Crippen MR) is 36.3 cm³/mol. The molecule has 0 aromatic carbocycles. The van der Waals surface area contributed by atoms with Crippen LogP contribution in [-0.2, 0) is 6.54 Å². The normalized spacial score (nSPS) is 9.89. The average Bonchev–Trinajstić information content (AvgIpc) is 2.34. The van der Waals surface area contributed by atoms with Crippen molar-refractivity contribution in [3.05, 3.63) is 24.2 Å². The summed E-state index contributed by atoms with van der Waals surface area (Å²) < 4.78 is 5.01. The lowest BCUT2D eigenvalue weighted by Crippen LogP contribution is -2.08. The fourth-order valence-corrected chi connectivity index (χ4v) is 0.678. The van der Waals surface area contributed by atoms with Gasteiger partial charge in [-0.15, -0.1) is 11.6 Å². The number of hydrogen-bond acceptors (Lipinski definition) is 2. The molecule has 0 aliphatic heterocycles. The highest BCUT2D eigenvalue weighted by Gasteiger charge is 1.90. The second-order valence-corrected chi connectivity index (χ2v) is 1.91. The third-order valence-corrected chi connectivity index (χ3v) is 1.16. The first kappa shape index (κ1) is 6.65. The minimum atomic E-state index is 0.459. The van der Waals surface area contributed by atoms with Crippen molar-refractivity contribution < 1.29 is 4.42 Å². The Morgan fingerprint density at radius 1 is 1.67 bits per heavy atom. The van der Waals surface area contributed by atoms with Crippen molar-refractivity contribution in [2.24, 2.45) is 0 Å². The molecule has 0 saturated carbocycles. The van der Waals surface area contributed by atoms with E-state index < -0.39 is 0 Å². The second-order valence-electron chi connectivity index (χ2n) is 1.64. The summed E-state index contributed by atoms with van der Waals surface area (Å²) in [4.78, 5) is 0. The van der Waals surface area contributed by atoms with Gasteiger partial charge in [0.25, 0.3) is 0 Å². The Bertz CT molecular complexity index is 150. The van der Waals surface area contributed by atoms with E-state index in [4.69, 9.17) is 16.0 Å². The Labute approximate surface area is 58.8 Å². The molecular weight excluding hydrogens is 138 g/mol. The van der Waals surface area contributed by atoms with Crippen molar-refractivity contribution in [3.63, 3.8) is 0 Å². The molecule has 0 bridgehead atoms. The Balaban J connectivity index is 2.30. The highest BCUT2D eigenvalue weighted by atomic mass is 35.5. The monoisotopic (exact) mass is 145 g/mol. The molecule has 1 aromatic rings. The molecule has 9 heavy (non-hydrogen) atoms. The van der Waals surface area contributed by atoms with Crippen LogP contribution in [0.4, 0.5) is 0 Å². The van der Waals surface area contributed by atoms with E-state index in [2.05, 4.69) is 5.32 Å². The highest BCUT2D eigenvalue weighted by molar-refractivity contribution is 6.17. The first-order chi connectivity index (χ1) is 4.43. The number of furan rings is 1. The first-order valence-corrected chi connectivity index (χ1v) is 3.26. The van der Waals surface area contributed by atoms with E-state index >= 15 is 0 Å². The number of halogens is 1. The molecule has 0 fully saturated rings. The summed E-state index contributed by atoms with van der Waals surface area (Å²) in [5.41, 5.74) is 0. The summed E-state index contributed by atoms with van der Waals surface area (Å²) in [6.45, 7) is 0.705. The zero-order chi connectivity index (χ0) is 6.53. The van der Waals surface area contributed by atoms with Gasteiger partial charge in [0.1, 0.15) is 5.76 Å². The van der Waals surface area contributed by atoms with E-state index in [1.165, 1.54) is 0 Å². The minimum Gasteiger partial charge on any atom is -0.468 e. The van der Waals surface area contributed by atoms with E-state index in [1.54, 1.807) is 6.26 Å². The molecule has 0 aliphatic carbocycles. The average molecular weight is 146 g/mol. The molecule has 0 atom stereocenters. The van der Waals surface area contributed by atoms with Crippen LogP contribution in [0.3, 0.4) is 0 Å². The van der Waals surface area contributed by atoms with Crippen LogP contribution in [0.25, 0.3) is 0 Å². The zero-order valence-corrected chi connectivity index (χ0v) is 5.69. The summed E-state index contributed by atoms with van der Waals surface area (Å²) in [7, 11) is 0. The summed E-state index contributed by atoms with van der Waals surface area (Å²) in [6.07, 6.45) is 1.64. The number of rotatable bonds is 3. The highest BCUT2D eigenvalue weighted by Crippen LogP contribution is 1.97. The first-order valence-electron chi connectivity index (χ1n) is 2.72. The standard InChI is InChI=1S/C6H8ClNO/c7-5-8-4-6-2-1-3-9-6/h1-3,8H,4-5H2. The van der Waals surface area contributed by atoms with Gasteiger partial charge in [-0.2, -0.15) is 0 Å². The van der Waals surface area contributed by atoms with E-state index in [-0.39, 0.29) is 0 Å². The second kappa shape index (κ2) is 3.54. The van der Waals surface area contributed by atoms with E-state index in [9.17, 15) is 0 Å². The smallest absolute Gasteiger partial charge is 0.117 e. The molecule has 0 aliphatic rings. The molecule has 0 amide bonds. The fourth-order valence-electron chi connectivity index (χ4n) is 0.584. The van der Waals surface area contributed by atoms with Crippen molar-refractivity contribution in [2.75, 3.05) is 6.00 Å². The van der Waals surface area contributed by atoms with Gasteiger partial charge in [0.2, 0.25) is 0 Å². The predicted octanol–water partition coefficient (Wildman–Crippen LogP) is 1.57. The molecule has 0 unspecified atom stereocenters. The topological polar surface area (TPSA) is 25.2 Å². The maximum Gasteiger partial charge on any atom is 0.117 e. The molecule has 0 radical (unpaired) electrons. The van der Waals surface area contributed by atoms with Gasteiger partial charge >= 0.3 is 0 Å². The largest absolute Gasteiger partial charge is 0.468 e. The molecule has 1 heterocycles. The van der Waals surface area contributed by atoms with Crippen LogP contribution in [0.2, 0.25) is 0 Å². The summed E-state index contributed by atoms with van der Waals surface area (Å²) in [5, 5.41) is 2.92. The van der Waals surface area contributed by atoms with E-state index in [0.29, 0.717) is 12.5 Å². The van der Waals surface area contributed by atoms with Crippen molar-refractivity contribution in [1.82, 2.24) is 5.32 Å². The van der Waals surface area contributed by atoms with Gasteiger partial charge in [-0.05, 0) is 12.1 Å². The van der Waals surface area contributed by atoms with Crippen LogP contribution in [0, 0.1) is 0 Å². The van der Waals surface area contributed by atoms with Gasteiger partial charge in [-0.1, -0.05) is 0 Å². The zero-order valence-electron chi connectivity index (χ0n) is 4.93. The number of alkyl halides is 1. The summed E-state index contributed by atoms with van der Waals surface area (Å²) in [5.74, 6) is 0.913. The lowest BCUT2D eigenvalue weighted by atomic mass is 10.4. The maximum absolute atomic E-state index is 5.37. The Kier molecular flexibility index (Phi) is 2.61. The molecule has 0 spiro atoms. The SMILES string of the molecule is ClCNCc1ccco1. The fraction of sp³-hybridized carbons (Fsp3) is 0.333. The third kappa shape index (κ3) is 2.08. The van der Waals surface area contributed by atoms with Crippen LogP contribution >= 0.6 is 11.6 Å². The van der Waals surface area contributed by atoms with Gasteiger partial charge in [0, 0.05) is 0 Å². The van der Waals surface area contributed by atoms with Crippen LogP contribution in [0.1, 0.15) is 5.76 Å². The lowest BCUT2D eigenvalue weighted by molar-refractivity contribution is 0.493. The number of nitrogens with one attached hydrogen (secondary N) is 1. The van der Waals surface area contributed by atoms with Crippen LogP contribution < -0.4 is 5.32 Å². The maximum atomic E-state index is 5.37. The van der Waals surface area contributed by atoms with Crippen LogP contribution in [-0.4, -0.2) is 6.00 Å². The molecule has 50 valence electrons. The molecule has 1 N–H and O–H groups in total. The van der Waals surface area contributed by atoms with Gasteiger partial charge < -0.3 is 4.42 Å². The molecular formula is C6H8ClNO. The van der Waals surface area contributed by atoms with Gasteiger partial charge in [-0.3, -0.25) is 5.32 Å². The minimum absolute atomic E-state index is 0.459. The molecule has 1 aromatic heterocycles. The van der Waals surface area contributed by atoms with E-state index in [0.717, 1.165) is 5.76 Å². The molecule has 2 nitrogen and oxygen atoms in total. The lowest BCUT2D eigenvalue weighted by Gasteiger charge is -1.93. The van der Waals surface area contributed by atoms with Gasteiger partial charge in [0.05, 0.1) is 18.8 Å². The van der Waals surface area contributed by atoms with Gasteiger partial charge in [0.15, 0.2) is 0 Å². The molecule has 0 saturated heterocycles. The van der Waals surface area contributed by atoms with E-state index in [1.807, 2.05) is 12.1 Å². The Morgan fingerprint density at radius 2 is 2.56 bits per heavy atom. The van der Waals surface area contributed by atoms with Gasteiger partial charge in [-0.25, -0.2) is 0 Å². The Morgan fingerprint density at radius 3 is 3.11 bits per heavy atom. The molecule has 3 heteroatoms. The Hall–Kier alpha value is -0.470. The van der Waals surface area contributed by atoms with Crippen molar-refractivity contribution in [3.8, 4) is 0 Å². The van der Waals surface area contributed by atoms with Crippen LogP contribution in [0.15, 0.2) is 22.8 Å². The quantitative estimate of drug-likeness (QED) is 0.516. The van der Waals surface area contributed by atoms with Crippen molar-refractivity contribution in [1.29, 1.82) is 0 Å².